The van der Waals surface area contributed by atoms with Gasteiger partial charge in [0.05, 0.1) is 10.6 Å². The zero-order valence-electron chi connectivity index (χ0n) is 16.9. The van der Waals surface area contributed by atoms with Gasteiger partial charge in [-0.2, -0.15) is 0 Å². The number of thiophene rings is 1. The first-order chi connectivity index (χ1) is 14.8. The topological polar surface area (TPSA) is 51.0 Å². The van der Waals surface area contributed by atoms with Gasteiger partial charge in [0.2, 0.25) is 5.91 Å². The van der Waals surface area contributed by atoms with Crippen molar-refractivity contribution in [3.8, 4) is 10.7 Å². The lowest BCUT2D eigenvalue weighted by Gasteiger charge is -2.32. The fourth-order valence-corrected chi connectivity index (χ4v) is 5.78. The number of piperidine rings is 1. The molecule has 3 aromatic rings. The Bertz CT molecular complexity index is 974. The molecule has 156 valence electrons. The lowest BCUT2D eigenvalue weighted by Crippen LogP contribution is -2.39. The number of amides is 1. The van der Waals surface area contributed by atoms with Gasteiger partial charge < -0.3 is 4.90 Å². The maximum Gasteiger partial charge on any atom is 0.233 e. The molecule has 1 amide bonds. The summed E-state index contributed by atoms with van der Waals surface area (Å²) in [6.45, 7) is 1.74. The van der Waals surface area contributed by atoms with Crippen molar-refractivity contribution in [3.05, 3.63) is 53.4 Å². The highest BCUT2D eigenvalue weighted by Gasteiger charge is 2.31. The van der Waals surface area contributed by atoms with E-state index in [4.69, 9.17) is 0 Å². The molecule has 0 atom stereocenters. The molecule has 0 unspecified atom stereocenters. The Morgan fingerprint density at radius 2 is 1.83 bits per heavy atom. The maximum absolute atomic E-state index is 12.8. The third-order valence-corrected chi connectivity index (χ3v) is 7.77. The Hall–Kier alpha value is -2.12. The van der Waals surface area contributed by atoms with Crippen LogP contribution in [-0.2, 0) is 11.2 Å². The largest absolute Gasteiger partial charge is 0.342 e. The van der Waals surface area contributed by atoms with E-state index in [0.717, 1.165) is 48.2 Å². The average Bonchev–Trinajstić information content (AvgIpc) is 3.30. The van der Waals surface area contributed by atoms with Crippen LogP contribution in [0.15, 0.2) is 53.0 Å². The van der Waals surface area contributed by atoms with E-state index in [1.807, 2.05) is 11.0 Å². The second-order valence-corrected chi connectivity index (χ2v) is 10.1. The molecule has 2 aliphatic rings. The molecule has 3 heterocycles. The first kappa shape index (κ1) is 19.8. The van der Waals surface area contributed by atoms with Crippen LogP contribution in [0.3, 0.4) is 0 Å². The minimum Gasteiger partial charge on any atom is -0.342 e. The Labute approximate surface area is 185 Å². The predicted octanol–water partition coefficient (Wildman–Crippen LogP) is 4.91. The van der Waals surface area contributed by atoms with Gasteiger partial charge in [-0.05, 0) is 55.0 Å². The number of benzene rings is 1. The molecular formula is C23H26N4OS2. The van der Waals surface area contributed by atoms with Crippen molar-refractivity contribution in [1.29, 1.82) is 0 Å². The molecule has 0 bridgehead atoms. The summed E-state index contributed by atoms with van der Waals surface area (Å²) < 4.78 is 2.25. The van der Waals surface area contributed by atoms with Crippen molar-refractivity contribution < 1.29 is 4.79 Å². The van der Waals surface area contributed by atoms with Gasteiger partial charge in [-0.25, -0.2) is 0 Å². The minimum absolute atomic E-state index is 0.223. The van der Waals surface area contributed by atoms with Gasteiger partial charge in [0.25, 0.3) is 0 Å². The van der Waals surface area contributed by atoms with Gasteiger partial charge in [0.1, 0.15) is 0 Å². The number of hydrogen-bond acceptors (Lipinski definition) is 5. The summed E-state index contributed by atoms with van der Waals surface area (Å²) in [5.41, 5.74) is 1.40. The number of hydrogen-bond donors (Lipinski definition) is 0. The van der Waals surface area contributed by atoms with Gasteiger partial charge >= 0.3 is 0 Å². The number of nitrogens with zero attached hydrogens (tertiary/aromatic N) is 4. The zero-order chi connectivity index (χ0) is 20.3. The molecule has 7 heteroatoms. The average molecular weight is 439 g/mol. The van der Waals surface area contributed by atoms with Crippen LogP contribution in [0.5, 0.6) is 0 Å². The van der Waals surface area contributed by atoms with E-state index in [-0.39, 0.29) is 5.91 Å². The number of thioether (sulfide) groups is 1. The summed E-state index contributed by atoms with van der Waals surface area (Å²) >= 11 is 3.23. The second kappa shape index (κ2) is 8.94. The van der Waals surface area contributed by atoms with Gasteiger partial charge in [0, 0.05) is 19.1 Å². The van der Waals surface area contributed by atoms with Crippen molar-refractivity contribution >= 4 is 29.0 Å². The van der Waals surface area contributed by atoms with Gasteiger partial charge in [-0.15, -0.1) is 21.5 Å². The molecule has 5 nitrogen and oxygen atoms in total. The molecule has 5 rings (SSSR count). The molecule has 30 heavy (non-hydrogen) atoms. The van der Waals surface area contributed by atoms with Crippen LogP contribution < -0.4 is 0 Å². The Balaban J connectivity index is 1.16. The lowest BCUT2D eigenvalue weighted by molar-refractivity contribution is -0.129. The molecule has 2 aromatic heterocycles. The predicted molar refractivity (Wildman–Crippen MR) is 122 cm³/mol. The molecular weight excluding hydrogens is 412 g/mol. The Kier molecular flexibility index (Phi) is 5.91. The monoisotopic (exact) mass is 438 g/mol. The first-order valence-electron chi connectivity index (χ1n) is 10.7. The number of carbonyl (C=O) groups is 1. The van der Waals surface area contributed by atoms with Crippen LogP contribution >= 0.6 is 23.1 Å². The van der Waals surface area contributed by atoms with E-state index >= 15 is 0 Å². The molecule has 2 fully saturated rings. The lowest BCUT2D eigenvalue weighted by atomic mass is 9.90. The van der Waals surface area contributed by atoms with E-state index in [9.17, 15) is 4.79 Å². The van der Waals surface area contributed by atoms with Crippen LogP contribution in [0.25, 0.3) is 10.7 Å². The molecule has 0 radical (unpaired) electrons. The fraction of sp³-hybridized carbons (Fsp3) is 0.435. The van der Waals surface area contributed by atoms with Crippen LogP contribution in [0.2, 0.25) is 0 Å². The minimum atomic E-state index is 0.223. The smallest absolute Gasteiger partial charge is 0.233 e. The molecule has 1 saturated carbocycles. The van der Waals surface area contributed by atoms with E-state index < -0.39 is 0 Å². The van der Waals surface area contributed by atoms with E-state index in [0.29, 0.717) is 17.7 Å². The van der Waals surface area contributed by atoms with E-state index in [1.54, 1.807) is 23.1 Å². The molecule has 1 aromatic carbocycles. The van der Waals surface area contributed by atoms with Gasteiger partial charge in [-0.1, -0.05) is 48.2 Å². The summed E-state index contributed by atoms with van der Waals surface area (Å²) in [6, 6.07) is 15.3. The Morgan fingerprint density at radius 3 is 2.53 bits per heavy atom. The first-order valence-corrected chi connectivity index (χ1v) is 12.6. The zero-order valence-corrected chi connectivity index (χ0v) is 18.6. The highest BCUT2D eigenvalue weighted by atomic mass is 32.2. The third kappa shape index (κ3) is 4.47. The quantitative estimate of drug-likeness (QED) is 0.492. The summed E-state index contributed by atoms with van der Waals surface area (Å²) in [5.74, 6) is 2.29. The van der Waals surface area contributed by atoms with Crippen molar-refractivity contribution in [1.82, 2.24) is 19.7 Å². The molecule has 1 aliphatic heterocycles. The summed E-state index contributed by atoms with van der Waals surface area (Å²) in [5, 5.41) is 11.8. The van der Waals surface area contributed by atoms with Crippen molar-refractivity contribution in [2.24, 2.45) is 5.92 Å². The molecule has 1 aliphatic carbocycles. The van der Waals surface area contributed by atoms with Crippen LogP contribution in [0.1, 0.15) is 37.3 Å². The van der Waals surface area contributed by atoms with Gasteiger partial charge in [0.15, 0.2) is 11.0 Å². The summed E-state index contributed by atoms with van der Waals surface area (Å²) in [4.78, 5) is 16.0. The number of aromatic nitrogens is 3. The van der Waals surface area contributed by atoms with Crippen molar-refractivity contribution in [3.63, 3.8) is 0 Å². The highest BCUT2D eigenvalue weighted by Crippen LogP contribution is 2.41. The second-order valence-electron chi connectivity index (χ2n) is 8.19. The standard InChI is InChI=1S/C23H26N4OS2/c28-21(26-12-10-18(11-13-26)15-17-5-2-1-3-6-17)16-30-23-25-24-22(20-7-4-14-29-20)27(23)19-8-9-19/h1-7,14,18-19H,8-13,15-16H2. The van der Waals surface area contributed by atoms with E-state index in [2.05, 4.69) is 56.5 Å². The number of carbonyl (C=O) groups excluding carboxylic acids is 1. The van der Waals surface area contributed by atoms with Crippen LogP contribution in [-0.4, -0.2) is 44.4 Å². The number of rotatable bonds is 7. The third-order valence-electron chi connectivity index (χ3n) is 5.98. The van der Waals surface area contributed by atoms with Crippen molar-refractivity contribution in [2.75, 3.05) is 18.8 Å². The van der Waals surface area contributed by atoms with Crippen molar-refractivity contribution in [2.45, 2.75) is 43.3 Å². The summed E-state index contributed by atoms with van der Waals surface area (Å²) in [7, 11) is 0. The van der Waals surface area contributed by atoms with E-state index in [1.165, 1.54) is 18.4 Å². The molecule has 1 saturated heterocycles. The van der Waals surface area contributed by atoms with Crippen LogP contribution in [0, 0.1) is 5.92 Å². The fourth-order valence-electron chi connectivity index (χ4n) is 4.16. The van der Waals surface area contributed by atoms with Gasteiger partial charge in [-0.3, -0.25) is 9.36 Å². The van der Waals surface area contributed by atoms with Crippen LogP contribution in [0.4, 0.5) is 0 Å². The maximum atomic E-state index is 12.8. The number of likely N-dealkylation sites (tertiary alicyclic amines) is 1. The SMILES string of the molecule is O=C(CSc1nnc(-c2cccs2)n1C1CC1)N1CCC(Cc2ccccc2)CC1. The summed E-state index contributed by atoms with van der Waals surface area (Å²) in [6.07, 6.45) is 5.64. The molecule has 0 spiro atoms. The normalized spacial score (nSPS) is 17.4. The Morgan fingerprint density at radius 1 is 1.03 bits per heavy atom. The molecule has 0 N–H and O–H groups in total. The highest BCUT2D eigenvalue weighted by molar-refractivity contribution is 7.99.